The molecule has 0 saturated carbocycles. The standard InChI is InChI=1S/C32H50O17/c1-8-9-10-11-12-13-14-40-31-29(45-21(6)38)27(43-19(4)36)25(23(15-33)47-31)49-32-30(46-22(7)39)28(44-20(5)37)26(42-18(3)35)24(48-32)16-41-17(2)34/h23-33H,8-16H2,1-7H3/t23-,24-,25-,26-,27+,28+,29-,30+,31+,32-/m1/s1. The van der Waals surface area contributed by atoms with Crippen LogP contribution in [0.25, 0.3) is 0 Å². The number of rotatable bonds is 18. The molecule has 0 amide bonds. The zero-order valence-electron chi connectivity index (χ0n) is 29.1. The first-order valence-corrected chi connectivity index (χ1v) is 16.4. The molecule has 1 N–H and O–H groups in total. The van der Waals surface area contributed by atoms with Crippen LogP contribution in [0.1, 0.15) is 87.0 Å². The van der Waals surface area contributed by atoms with E-state index in [4.69, 9.17) is 47.4 Å². The van der Waals surface area contributed by atoms with Crippen LogP contribution in [0.2, 0.25) is 0 Å². The fourth-order valence-corrected chi connectivity index (χ4v) is 5.50. The summed E-state index contributed by atoms with van der Waals surface area (Å²) < 4.78 is 56.6. The van der Waals surface area contributed by atoms with Crippen LogP contribution >= 0.6 is 0 Å². The van der Waals surface area contributed by atoms with E-state index in [9.17, 15) is 33.9 Å². The molecule has 10 atom stereocenters. The normalized spacial score (nSPS) is 29.6. The fourth-order valence-electron chi connectivity index (χ4n) is 5.50. The Kier molecular flexibility index (Phi) is 17.9. The number of carbonyl (C=O) groups excluding carboxylic acids is 6. The number of hydrogen-bond donors (Lipinski definition) is 1. The highest BCUT2D eigenvalue weighted by molar-refractivity contribution is 5.69. The number of aliphatic hydroxyl groups is 1. The lowest BCUT2D eigenvalue weighted by Gasteiger charge is -2.48. The summed E-state index contributed by atoms with van der Waals surface area (Å²) in [5.74, 6) is -4.88. The van der Waals surface area contributed by atoms with E-state index in [1.807, 2.05) is 0 Å². The lowest BCUT2D eigenvalue weighted by Crippen LogP contribution is -2.67. The Labute approximate surface area is 285 Å². The van der Waals surface area contributed by atoms with Gasteiger partial charge in [-0.1, -0.05) is 39.0 Å². The SMILES string of the molecule is CCCCCCCCO[C@H]1O[C@H](CO)[C@@H](O[C@H]2O[C@H](COC(C)=O)[C@@H](OC(C)=O)[C@H](OC(C)=O)[C@@H]2OC(C)=O)[C@H](OC(C)=O)[C@H]1OC(C)=O. The van der Waals surface area contributed by atoms with Crippen molar-refractivity contribution in [3.05, 3.63) is 0 Å². The van der Waals surface area contributed by atoms with Gasteiger partial charge in [0.2, 0.25) is 0 Å². The molecule has 17 nitrogen and oxygen atoms in total. The molecule has 2 aliphatic rings. The molecule has 0 aliphatic carbocycles. The zero-order valence-corrected chi connectivity index (χ0v) is 29.1. The van der Waals surface area contributed by atoms with Crippen molar-refractivity contribution in [3.63, 3.8) is 0 Å². The summed E-state index contributed by atoms with van der Waals surface area (Å²) in [5.41, 5.74) is 0. The molecule has 0 aromatic heterocycles. The highest BCUT2D eigenvalue weighted by Crippen LogP contribution is 2.35. The maximum Gasteiger partial charge on any atom is 0.303 e. The Morgan fingerprint density at radius 2 is 0.980 bits per heavy atom. The first kappa shape index (κ1) is 41.8. The van der Waals surface area contributed by atoms with Crippen molar-refractivity contribution >= 4 is 35.8 Å². The maximum absolute atomic E-state index is 12.4. The van der Waals surface area contributed by atoms with Gasteiger partial charge in [0, 0.05) is 48.1 Å². The number of hydrogen-bond acceptors (Lipinski definition) is 17. The minimum Gasteiger partial charge on any atom is -0.463 e. The maximum atomic E-state index is 12.4. The van der Waals surface area contributed by atoms with Crippen LogP contribution in [0.5, 0.6) is 0 Å². The Hall–Kier alpha value is -3.38. The average molecular weight is 707 g/mol. The van der Waals surface area contributed by atoms with E-state index in [2.05, 4.69) is 6.92 Å². The summed E-state index contributed by atoms with van der Waals surface area (Å²) in [6, 6.07) is 0. The summed E-state index contributed by atoms with van der Waals surface area (Å²) in [6.07, 6.45) is -8.90. The number of esters is 6. The van der Waals surface area contributed by atoms with Crippen LogP contribution in [-0.2, 0) is 76.1 Å². The van der Waals surface area contributed by atoms with Crippen molar-refractivity contribution in [1.82, 2.24) is 0 Å². The number of carbonyl (C=O) groups is 6. The van der Waals surface area contributed by atoms with Gasteiger partial charge in [-0.3, -0.25) is 28.8 Å². The van der Waals surface area contributed by atoms with Gasteiger partial charge in [0.25, 0.3) is 0 Å². The monoisotopic (exact) mass is 706 g/mol. The van der Waals surface area contributed by atoms with Crippen LogP contribution in [0.4, 0.5) is 0 Å². The van der Waals surface area contributed by atoms with Gasteiger partial charge >= 0.3 is 35.8 Å². The van der Waals surface area contributed by atoms with E-state index >= 15 is 0 Å². The van der Waals surface area contributed by atoms with Crippen LogP contribution in [0.3, 0.4) is 0 Å². The summed E-state index contributed by atoms with van der Waals surface area (Å²) in [5, 5.41) is 10.4. The van der Waals surface area contributed by atoms with Gasteiger partial charge < -0.3 is 52.5 Å². The average Bonchev–Trinajstić information content (AvgIpc) is 2.99. The Bertz CT molecular complexity index is 1110. The van der Waals surface area contributed by atoms with Crippen molar-refractivity contribution in [2.45, 2.75) is 148 Å². The van der Waals surface area contributed by atoms with Gasteiger partial charge in [0.1, 0.15) is 24.9 Å². The molecule has 0 aromatic rings. The van der Waals surface area contributed by atoms with E-state index in [-0.39, 0.29) is 6.61 Å². The van der Waals surface area contributed by atoms with Crippen LogP contribution in [-0.4, -0.2) is 122 Å². The summed E-state index contributed by atoms with van der Waals surface area (Å²) >= 11 is 0. The van der Waals surface area contributed by atoms with Crippen molar-refractivity contribution in [2.75, 3.05) is 19.8 Å². The van der Waals surface area contributed by atoms with Gasteiger partial charge in [-0.15, -0.1) is 0 Å². The van der Waals surface area contributed by atoms with Gasteiger partial charge in [0.15, 0.2) is 43.1 Å². The first-order valence-electron chi connectivity index (χ1n) is 16.4. The molecular formula is C32H50O17. The molecule has 2 heterocycles. The predicted molar refractivity (Wildman–Crippen MR) is 163 cm³/mol. The molecule has 17 heteroatoms. The van der Waals surface area contributed by atoms with E-state index < -0.39 is 110 Å². The third kappa shape index (κ3) is 13.8. The van der Waals surface area contributed by atoms with Crippen LogP contribution < -0.4 is 0 Å². The third-order valence-corrected chi connectivity index (χ3v) is 7.39. The molecule has 2 saturated heterocycles. The van der Waals surface area contributed by atoms with E-state index in [1.54, 1.807) is 0 Å². The number of ether oxygens (including phenoxy) is 10. The Morgan fingerprint density at radius 1 is 0.531 bits per heavy atom. The highest BCUT2D eigenvalue weighted by Gasteiger charge is 2.57. The van der Waals surface area contributed by atoms with Crippen molar-refractivity contribution in [3.8, 4) is 0 Å². The second kappa shape index (κ2) is 21.0. The van der Waals surface area contributed by atoms with Crippen LogP contribution in [0.15, 0.2) is 0 Å². The van der Waals surface area contributed by atoms with Gasteiger partial charge in [-0.25, -0.2) is 0 Å². The zero-order chi connectivity index (χ0) is 36.7. The molecule has 0 aromatic carbocycles. The highest BCUT2D eigenvalue weighted by atomic mass is 16.8. The molecule has 0 spiro atoms. The minimum absolute atomic E-state index is 0.199. The molecule has 0 unspecified atom stereocenters. The molecule has 2 aliphatic heterocycles. The Balaban J connectivity index is 2.52. The second-order valence-corrected chi connectivity index (χ2v) is 11.7. The van der Waals surface area contributed by atoms with Crippen molar-refractivity contribution < 1.29 is 81.2 Å². The van der Waals surface area contributed by atoms with Gasteiger partial charge in [-0.2, -0.15) is 0 Å². The lowest BCUT2D eigenvalue weighted by molar-refractivity contribution is -0.361. The third-order valence-electron chi connectivity index (χ3n) is 7.39. The summed E-state index contributed by atoms with van der Waals surface area (Å²) in [6.45, 7) is 7.60. The topological polar surface area (TPSA) is 215 Å². The van der Waals surface area contributed by atoms with Crippen molar-refractivity contribution in [2.24, 2.45) is 0 Å². The predicted octanol–water partition coefficient (Wildman–Crippen LogP) is 1.41. The van der Waals surface area contributed by atoms with E-state index in [0.717, 1.165) is 73.6 Å². The molecular weight excluding hydrogens is 656 g/mol. The summed E-state index contributed by atoms with van der Waals surface area (Å²) in [4.78, 5) is 72.9. The molecule has 2 fully saturated rings. The molecule has 280 valence electrons. The van der Waals surface area contributed by atoms with E-state index in [0.29, 0.717) is 6.42 Å². The molecule has 49 heavy (non-hydrogen) atoms. The summed E-state index contributed by atoms with van der Waals surface area (Å²) in [7, 11) is 0. The minimum atomic E-state index is -1.72. The lowest BCUT2D eigenvalue weighted by atomic mass is 9.96. The first-order chi connectivity index (χ1) is 23.2. The smallest absolute Gasteiger partial charge is 0.303 e. The van der Waals surface area contributed by atoms with Gasteiger partial charge in [-0.05, 0) is 6.42 Å². The molecule has 2 rings (SSSR count). The largest absolute Gasteiger partial charge is 0.463 e. The fraction of sp³-hybridized carbons (Fsp3) is 0.812. The van der Waals surface area contributed by atoms with E-state index in [1.165, 1.54) is 0 Å². The molecule has 0 bridgehead atoms. The quantitative estimate of drug-likeness (QED) is 0.121. The van der Waals surface area contributed by atoms with Gasteiger partial charge in [0.05, 0.1) is 6.61 Å². The number of aliphatic hydroxyl groups excluding tert-OH is 1. The van der Waals surface area contributed by atoms with Crippen molar-refractivity contribution in [1.29, 1.82) is 0 Å². The second-order valence-electron chi connectivity index (χ2n) is 11.7. The number of unbranched alkanes of at least 4 members (excludes halogenated alkanes) is 5. The Morgan fingerprint density at radius 3 is 1.49 bits per heavy atom. The molecule has 0 radical (unpaired) electrons. The van der Waals surface area contributed by atoms with Crippen LogP contribution in [0, 0.1) is 0 Å².